The highest BCUT2D eigenvalue weighted by Crippen LogP contribution is 1.93. The van der Waals surface area contributed by atoms with Gasteiger partial charge in [0.2, 0.25) is 0 Å². The third kappa shape index (κ3) is 8.13. The summed E-state index contributed by atoms with van der Waals surface area (Å²) in [5, 5.41) is 0. The Balaban J connectivity index is 3.55. The van der Waals surface area contributed by atoms with Crippen LogP contribution in [0.1, 0.15) is 0 Å². The van der Waals surface area contributed by atoms with E-state index in [0.717, 1.165) is 0 Å². The van der Waals surface area contributed by atoms with Crippen molar-refractivity contribution in [2.45, 2.75) is 0 Å². The van der Waals surface area contributed by atoms with E-state index in [4.69, 9.17) is 0 Å². The van der Waals surface area contributed by atoms with E-state index < -0.39 is 21.7 Å². The molecule has 0 spiro atoms. The second kappa shape index (κ2) is 7.22. The van der Waals surface area contributed by atoms with Crippen LogP contribution in [0, 0.1) is 0 Å². The zero-order valence-corrected chi connectivity index (χ0v) is 8.50. The Kier molecular flexibility index (Phi) is 7.10. The van der Waals surface area contributed by atoms with Crippen LogP contribution >= 0.6 is 0 Å². The molecule has 0 aromatic rings. The fourth-order valence-corrected chi connectivity index (χ4v) is 1.23. The van der Waals surface area contributed by atoms with Gasteiger partial charge in [-0.3, -0.25) is 0 Å². The first-order chi connectivity index (χ1) is 6.12. The number of hydrogen-bond donors (Lipinski definition) is 0. The van der Waals surface area contributed by atoms with Crippen LogP contribution in [0.2, 0.25) is 0 Å². The smallest absolute Gasteiger partial charge is 0.198 e. The van der Waals surface area contributed by atoms with Crippen molar-refractivity contribution in [3.8, 4) is 0 Å². The van der Waals surface area contributed by atoms with Gasteiger partial charge in [0, 0.05) is 14.2 Å². The average Bonchev–Trinajstić information content (AvgIpc) is 2.05. The Hall–Kier alpha value is -0.210. The minimum absolute atomic E-state index is 0.0521. The van der Waals surface area contributed by atoms with Crippen molar-refractivity contribution in [3.05, 3.63) is 0 Å². The zero-order chi connectivity index (χ0) is 10.2. The van der Waals surface area contributed by atoms with Gasteiger partial charge < -0.3 is 18.9 Å². The maximum atomic E-state index is 11.0. The largest absolute Gasteiger partial charge is 0.359 e. The summed E-state index contributed by atoms with van der Waals surface area (Å²) >= 11 is 0. The first-order valence-electron chi connectivity index (χ1n) is 3.46. The summed E-state index contributed by atoms with van der Waals surface area (Å²) in [5.74, 6) is -0.824. The molecule has 0 fully saturated rings. The van der Waals surface area contributed by atoms with Crippen molar-refractivity contribution < 1.29 is 27.4 Å². The highest BCUT2D eigenvalue weighted by Gasteiger charge is 2.10. The van der Waals surface area contributed by atoms with E-state index in [9.17, 15) is 8.42 Å². The highest BCUT2D eigenvalue weighted by molar-refractivity contribution is 7.91. The van der Waals surface area contributed by atoms with Gasteiger partial charge in [0.05, 0.1) is 0 Å². The van der Waals surface area contributed by atoms with E-state index in [-0.39, 0.29) is 13.6 Å². The van der Waals surface area contributed by atoms with Crippen LogP contribution in [0.4, 0.5) is 0 Å². The fraction of sp³-hybridized carbons (Fsp3) is 1.00. The molecule has 0 aliphatic carbocycles. The molecule has 6 nitrogen and oxygen atoms in total. The molecule has 0 bridgehead atoms. The van der Waals surface area contributed by atoms with Gasteiger partial charge in [0.15, 0.2) is 21.7 Å². The van der Waals surface area contributed by atoms with Crippen molar-refractivity contribution in [3.63, 3.8) is 0 Å². The number of hydrogen-bond acceptors (Lipinski definition) is 6. The Morgan fingerprint density at radius 1 is 0.923 bits per heavy atom. The van der Waals surface area contributed by atoms with Crippen molar-refractivity contribution in [1.29, 1.82) is 0 Å². The first-order valence-corrected chi connectivity index (χ1v) is 5.28. The fourth-order valence-electron chi connectivity index (χ4n) is 0.523. The summed E-state index contributed by atoms with van der Waals surface area (Å²) in [5.41, 5.74) is 0. The van der Waals surface area contributed by atoms with Crippen LogP contribution in [0.5, 0.6) is 0 Å². The van der Waals surface area contributed by atoms with Gasteiger partial charge in [-0.15, -0.1) is 0 Å². The van der Waals surface area contributed by atoms with Gasteiger partial charge in [-0.2, -0.15) is 0 Å². The quantitative estimate of drug-likeness (QED) is 0.403. The predicted molar refractivity (Wildman–Crippen MR) is 44.6 cm³/mol. The van der Waals surface area contributed by atoms with Crippen LogP contribution in [-0.4, -0.2) is 48.1 Å². The number of sulfone groups is 1. The molecule has 0 aromatic carbocycles. The second-order valence-electron chi connectivity index (χ2n) is 2.20. The molecular formula is C6H14O6S. The Labute approximate surface area is 77.6 Å². The van der Waals surface area contributed by atoms with E-state index in [1.807, 2.05) is 0 Å². The van der Waals surface area contributed by atoms with Gasteiger partial charge in [0.25, 0.3) is 0 Å². The Morgan fingerprint density at radius 3 is 1.62 bits per heavy atom. The van der Waals surface area contributed by atoms with E-state index in [0.29, 0.717) is 0 Å². The standard InChI is InChI=1S/C6H14O6S/c1-9-3-11-5-13(7,8)6-12-4-10-2/h3-6H2,1-2H3. The lowest BCUT2D eigenvalue weighted by molar-refractivity contribution is -0.0204. The molecule has 0 aliphatic heterocycles. The Morgan fingerprint density at radius 2 is 1.31 bits per heavy atom. The maximum absolute atomic E-state index is 11.0. The molecule has 13 heavy (non-hydrogen) atoms. The summed E-state index contributed by atoms with van der Waals surface area (Å²) in [7, 11) is -0.509. The maximum Gasteiger partial charge on any atom is 0.198 e. The van der Waals surface area contributed by atoms with Gasteiger partial charge in [-0.1, -0.05) is 0 Å². The second-order valence-corrected chi connectivity index (χ2v) is 4.16. The van der Waals surface area contributed by atoms with Gasteiger partial charge in [-0.05, 0) is 0 Å². The lowest BCUT2D eigenvalue weighted by Crippen LogP contribution is -2.17. The van der Waals surface area contributed by atoms with E-state index >= 15 is 0 Å². The Bertz CT molecular complexity index is 183. The molecule has 7 heteroatoms. The first kappa shape index (κ1) is 12.8. The van der Waals surface area contributed by atoms with Crippen molar-refractivity contribution in [2.75, 3.05) is 39.7 Å². The third-order valence-corrected chi connectivity index (χ3v) is 1.98. The van der Waals surface area contributed by atoms with Crippen LogP contribution in [0.15, 0.2) is 0 Å². The van der Waals surface area contributed by atoms with E-state index in [1.165, 1.54) is 14.2 Å². The SMILES string of the molecule is COCOCS(=O)(=O)COCOC. The summed E-state index contributed by atoms with van der Waals surface area (Å²) < 4.78 is 40.4. The van der Waals surface area contributed by atoms with Crippen LogP contribution < -0.4 is 0 Å². The van der Waals surface area contributed by atoms with Gasteiger partial charge in [-0.25, -0.2) is 8.42 Å². The number of ether oxygens (including phenoxy) is 4. The molecule has 80 valence electrons. The highest BCUT2D eigenvalue weighted by atomic mass is 32.2. The molecule has 0 atom stereocenters. The molecule has 0 unspecified atom stereocenters. The van der Waals surface area contributed by atoms with Crippen LogP contribution in [0.25, 0.3) is 0 Å². The molecular weight excluding hydrogens is 200 g/mol. The number of methoxy groups -OCH3 is 2. The molecule has 0 heterocycles. The van der Waals surface area contributed by atoms with E-state index in [1.54, 1.807) is 0 Å². The molecule has 0 aromatic heterocycles. The van der Waals surface area contributed by atoms with Crippen molar-refractivity contribution in [2.24, 2.45) is 0 Å². The van der Waals surface area contributed by atoms with Gasteiger partial charge >= 0.3 is 0 Å². The summed E-state index contributed by atoms with van der Waals surface area (Å²) in [6, 6.07) is 0. The normalized spacial score (nSPS) is 11.8. The predicted octanol–water partition coefficient (Wildman–Crippen LogP) is -0.443. The number of rotatable bonds is 8. The van der Waals surface area contributed by atoms with Gasteiger partial charge in [0.1, 0.15) is 13.6 Å². The molecule has 0 saturated carbocycles. The molecule has 0 rings (SSSR count). The summed E-state index contributed by atoms with van der Waals surface area (Å²) in [6.07, 6.45) is 0. The monoisotopic (exact) mass is 214 g/mol. The molecule has 0 amide bonds. The minimum Gasteiger partial charge on any atom is -0.359 e. The topological polar surface area (TPSA) is 71.1 Å². The van der Waals surface area contributed by atoms with Crippen molar-refractivity contribution >= 4 is 9.84 Å². The van der Waals surface area contributed by atoms with Crippen LogP contribution in [0.3, 0.4) is 0 Å². The molecule has 0 saturated heterocycles. The lowest BCUT2D eigenvalue weighted by Gasteiger charge is -2.05. The molecule has 0 aliphatic rings. The van der Waals surface area contributed by atoms with E-state index in [2.05, 4.69) is 18.9 Å². The van der Waals surface area contributed by atoms with Crippen LogP contribution in [-0.2, 0) is 28.8 Å². The van der Waals surface area contributed by atoms with Crippen molar-refractivity contribution in [1.82, 2.24) is 0 Å². The minimum atomic E-state index is -3.33. The summed E-state index contributed by atoms with van der Waals surface area (Å²) in [6.45, 7) is -0.104. The molecule has 0 radical (unpaired) electrons. The lowest BCUT2D eigenvalue weighted by atomic mass is 11.3. The third-order valence-electron chi connectivity index (χ3n) is 0.928. The summed E-state index contributed by atoms with van der Waals surface area (Å²) in [4.78, 5) is 0. The average molecular weight is 214 g/mol. The zero-order valence-electron chi connectivity index (χ0n) is 7.69. The molecule has 0 N–H and O–H groups in total.